The maximum Gasteiger partial charge on any atom is 0.147 e. The van der Waals surface area contributed by atoms with E-state index in [1.54, 1.807) is 18.7 Å². The SMILES string of the molecule is Cc1nc(C(N)CCS(C)(=O)=O)n(C)n1. The summed E-state index contributed by atoms with van der Waals surface area (Å²) >= 11 is 0. The van der Waals surface area contributed by atoms with Crippen molar-refractivity contribution >= 4 is 9.84 Å². The summed E-state index contributed by atoms with van der Waals surface area (Å²) in [7, 11) is -1.23. The molecule has 7 heteroatoms. The first-order valence-corrected chi connectivity index (χ1v) is 6.66. The van der Waals surface area contributed by atoms with Crippen LogP contribution in [0.4, 0.5) is 0 Å². The highest BCUT2D eigenvalue weighted by Crippen LogP contribution is 2.11. The second-order valence-electron chi connectivity index (χ2n) is 3.67. The summed E-state index contributed by atoms with van der Waals surface area (Å²) in [5.41, 5.74) is 5.83. The lowest BCUT2D eigenvalue weighted by atomic mass is 10.2. The first-order valence-electron chi connectivity index (χ1n) is 4.60. The molecule has 1 aromatic rings. The Morgan fingerprint density at radius 3 is 2.53 bits per heavy atom. The lowest BCUT2D eigenvalue weighted by molar-refractivity contribution is 0.570. The van der Waals surface area contributed by atoms with Gasteiger partial charge in [0.1, 0.15) is 21.5 Å². The number of rotatable bonds is 4. The van der Waals surface area contributed by atoms with Gasteiger partial charge >= 0.3 is 0 Å². The Bertz CT molecular complexity index is 437. The molecular formula is C8H16N4O2S. The van der Waals surface area contributed by atoms with Crippen LogP contribution in [0.5, 0.6) is 0 Å². The third-order valence-electron chi connectivity index (χ3n) is 2.03. The van der Waals surface area contributed by atoms with Crippen molar-refractivity contribution in [2.45, 2.75) is 19.4 Å². The molecule has 0 aromatic carbocycles. The van der Waals surface area contributed by atoms with Crippen molar-refractivity contribution in [2.75, 3.05) is 12.0 Å². The van der Waals surface area contributed by atoms with E-state index in [9.17, 15) is 8.42 Å². The summed E-state index contributed by atoms with van der Waals surface area (Å²) < 4.78 is 23.5. The van der Waals surface area contributed by atoms with Crippen LogP contribution < -0.4 is 5.73 Å². The van der Waals surface area contributed by atoms with E-state index in [1.807, 2.05) is 0 Å². The minimum atomic E-state index is -2.97. The van der Waals surface area contributed by atoms with Crippen LogP contribution in [-0.2, 0) is 16.9 Å². The molecule has 0 aliphatic heterocycles. The van der Waals surface area contributed by atoms with Gasteiger partial charge in [-0.05, 0) is 13.3 Å². The smallest absolute Gasteiger partial charge is 0.147 e. The fraction of sp³-hybridized carbons (Fsp3) is 0.750. The zero-order valence-electron chi connectivity index (χ0n) is 9.14. The molecule has 0 aliphatic carbocycles. The van der Waals surface area contributed by atoms with Gasteiger partial charge in [0.05, 0.1) is 11.8 Å². The molecule has 1 unspecified atom stereocenters. The Balaban J connectivity index is 2.69. The van der Waals surface area contributed by atoms with Crippen molar-refractivity contribution in [3.63, 3.8) is 0 Å². The summed E-state index contributed by atoms with van der Waals surface area (Å²) in [6, 6.07) is -0.383. The van der Waals surface area contributed by atoms with E-state index in [4.69, 9.17) is 5.73 Å². The molecule has 0 saturated heterocycles. The zero-order valence-corrected chi connectivity index (χ0v) is 9.95. The van der Waals surface area contributed by atoms with Crippen molar-refractivity contribution < 1.29 is 8.42 Å². The van der Waals surface area contributed by atoms with Gasteiger partial charge in [0.2, 0.25) is 0 Å². The lowest BCUT2D eigenvalue weighted by Crippen LogP contribution is -2.19. The van der Waals surface area contributed by atoms with E-state index in [0.29, 0.717) is 18.1 Å². The predicted octanol–water partition coefficient (Wildman–Crippen LogP) is -0.442. The molecule has 1 aromatic heterocycles. The summed E-state index contributed by atoms with van der Waals surface area (Å²) in [4.78, 5) is 4.14. The third kappa shape index (κ3) is 3.60. The van der Waals surface area contributed by atoms with Crippen molar-refractivity contribution in [1.82, 2.24) is 14.8 Å². The normalized spacial score (nSPS) is 14.1. The molecule has 1 rings (SSSR count). The highest BCUT2D eigenvalue weighted by molar-refractivity contribution is 7.90. The second-order valence-corrected chi connectivity index (χ2v) is 5.93. The Hall–Kier alpha value is -0.950. The van der Waals surface area contributed by atoms with Crippen LogP contribution in [-0.4, -0.2) is 35.2 Å². The largest absolute Gasteiger partial charge is 0.321 e. The van der Waals surface area contributed by atoms with E-state index >= 15 is 0 Å². The van der Waals surface area contributed by atoms with Crippen LogP contribution in [0.15, 0.2) is 0 Å². The molecular weight excluding hydrogens is 216 g/mol. The van der Waals surface area contributed by atoms with Gasteiger partial charge in [0.25, 0.3) is 0 Å². The molecule has 6 nitrogen and oxygen atoms in total. The molecule has 0 aliphatic rings. The van der Waals surface area contributed by atoms with Gasteiger partial charge in [0, 0.05) is 13.3 Å². The van der Waals surface area contributed by atoms with Gasteiger partial charge < -0.3 is 5.73 Å². The van der Waals surface area contributed by atoms with Crippen LogP contribution >= 0.6 is 0 Å². The second kappa shape index (κ2) is 4.28. The Morgan fingerprint density at radius 1 is 1.53 bits per heavy atom. The van der Waals surface area contributed by atoms with E-state index in [2.05, 4.69) is 10.1 Å². The average molecular weight is 232 g/mol. The molecule has 0 saturated carbocycles. The summed E-state index contributed by atoms with van der Waals surface area (Å²) in [5.74, 6) is 1.33. The van der Waals surface area contributed by atoms with Gasteiger partial charge in [-0.15, -0.1) is 0 Å². The monoisotopic (exact) mass is 232 g/mol. The van der Waals surface area contributed by atoms with Gasteiger partial charge in [-0.2, -0.15) is 5.10 Å². The molecule has 0 radical (unpaired) electrons. The van der Waals surface area contributed by atoms with Gasteiger partial charge in [-0.3, -0.25) is 4.68 Å². The number of aromatic nitrogens is 3. The van der Waals surface area contributed by atoms with Crippen LogP contribution in [0.25, 0.3) is 0 Å². The minimum absolute atomic E-state index is 0.0695. The average Bonchev–Trinajstić information content (AvgIpc) is 2.40. The number of hydrogen-bond acceptors (Lipinski definition) is 5. The maximum absolute atomic E-state index is 11.0. The van der Waals surface area contributed by atoms with Gasteiger partial charge in [0.15, 0.2) is 0 Å². The highest BCUT2D eigenvalue weighted by atomic mass is 32.2. The predicted molar refractivity (Wildman–Crippen MR) is 57.0 cm³/mol. The Labute approximate surface area is 89.4 Å². The Kier molecular flexibility index (Phi) is 3.46. The zero-order chi connectivity index (χ0) is 11.6. The molecule has 0 amide bonds. The van der Waals surface area contributed by atoms with Crippen molar-refractivity contribution in [2.24, 2.45) is 12.8 Å². The number of nitrogens with two attached hydrogens (primary N) is 1. The number of sulfone groups is 1. The summed E-state index contributed by atoms with van der Waals surface area (Å²) in [6.07, 6.45) is 1.56. The molecule has 2 N–H and O–H groups in total. The van der Waals surface area contributed by atoms with E-state index < -0.39 is 9.84 Å². The minimum Gasteiger partial charge on any atom is -0.321 e. The molecule has 1 heterocycles. The summed E-state index contributed by atoms with van der Waals surface area (Å²) in [5, 5.41) is 4.05. The summed E-state index contributed by atoms with van der Waals surface area (Å²) in [6.45, 7) is 1.77. The van der Waals surface area contributed by atoms with Crippen molar-refractivity contribution in [3.05, 3.63) is 11.6 Å². The third-order valence-corrected chi connectivity index (χ3v) is 3.01. The quantitative estimate of drug-likeness (QED) is 0.759. The first-order chi connectivity index (χ1) is 6.79. The maximum atomic E-state index is 11.0. The highest BCUT2D eigenvalue weighted by Gasteiger charge is 2.15. The lowest BCUT2D eigenvalue weighted by Gasteiger charge is -2.09. The molecule has 86 valence electrons. The van der Waals surface area contributed by atoms with Crippen molar-refractivity contribution in [1.29, 1.82) is 0 Å². The van der Waals surface area contributed by atoms with Gasteiger partial charge in [-0.1, -0.05) is 0 Å². The molecule has 0 fully saturated rings. The van der Waals surface area contributed by atoms with Crippen LogP contribution in [0.2, 0.25) is 0 Å². The van der Waals surface area contributed by atoms with Crippen LogP contribution in [0, 0.1) is 6.92 Å². The molecule has 0 spiro atoms. The van der Waals surface area contributed by atoms with E-state index in [1.165, 1.54) is 6.26 Å². The van der Waals surface area contributed by atoms with Crippen molar-refractivity contribution in [3.8, 4) is 0 Å². The fourth-order valence-corrected chi connectivity index (χ4v) is 2.00. The standard InChI is InChI=1S/C8H16N4O2S/c1-6-10-8(12(2)11-6)7(9)4-5-15(3,13)14/h7H,4-5,9H2,1-3H3. The van der Waals surface area contributed by atoms with Crippen LogP contribution in [0.1, 0.15) is 24.1 Å². The topological polar surface area (TPSA) is 90.9 Å². The molecule has 1 atom stereocenters. The van der Waals surface area contributed by atoms with E-state index in [0.717, 1.165) is 0 Å². The van der Waals surface area contributed by atoms with E-state index in [-0.39, 0.29) is 11.8 Å². The van der Waals surface area contributed by atoms with Gasteiger partial charge in [-0.25, -0.2) is 13.4 Å². The van der Waals surface area contributed by atoms with Crippen LogP contribution in [0.3, 0.4) is 0 Å². The number of aryl methyl sites for hydroxylation is 2. The number of nitrogens with zero attached hydrogens (tertiary/aromatic N) is 3. The number of hydrogen-bond donors (Lipinski definition) is 1. The molecule has 15 heavy (non-hydrogen) atoms. The Morgan fingerprint density at radius 2 is 2.13 bits per heavy atom. The fourth-order valence-electron chi connectivity index (χ4n) is 1.32. The first kappa shape index (κ1) is 12.1. The molecule has 0 bridgehead atoms.